The van der Waals surface area contributed by atoms with Crippen LogP contribution in [0.15, 0.2) is 23.0 Å². The number of aryl methyl sites for hydroxylation is 2. The van der Waals surface area contributed by atoms with E-state index in [-0.39, 0.29) is 11.7 Å². The van der Waals surface area contributed by atoms with Crippen LogP contribution in [0.3, 0.4) is 0 Å². The number of hydrogen-bond donors (Lipinski definition) is 1. The number of rotatable bonds is 6. The SMILES string of the molecule is CN1CCCC(n2c(=O)n(C)c3cc(CCCCCN)ccc32)C1. The van der Waals surface area contributed by atoms with Crippen LogP contribution in [0.5, 0.6) is 0 Å². The molecule has 2 N–H and O–H groups in total. The minimum absolute atomic E-state index is 0.116. The Bertz CT molecular complexity index is 746. The summed E-state index contributed by atoms with van der Waals surface area (Å²) in [6, 6.07) is 6.81. The molecule has 0 bridgehead atoms. The van der Waals surface area contributed by atoms with Gasteiger partial charge in [0.1, 0.15) is 0 Å². The lowest BCUT2D eigenvalue weighted by molar-refractivity contribution is 0.212. The molecule has 0 amide bonds. The van der Waals surface area contributed by atoms with E-state index in [0.717, 1.165) is 62.8 Å². The van der Waals surface area contributed by atoms with Crippen molar-refractivity contribution in [2.75, 3.05) is 26.7 Å². The summed E-state index contributed by atoms with van der Waals surface area (Å²) in [5.74, 6) is 0. The Balaban J connectivity index is 1.88. The molecule has 24 heavy (non-hydrogen) atoms. The summed E-state index contributed by atoms with van der Waals surface area (Å²) in [6.45, 7) is 2.86. The lowest BCUT2D eigenvalue weighted by atomic mass is 10.0. The monoisotopic (exact) mass is 330 g/mol. The zero-order valence-corrected chi connectivity index (χ0v) is 15.0. The zero-order valence-electron chi connectivity index (χ0n) is 15.0. The molecule has 0 saturated carbocycles. The Labute approximate surface area is 144 Å². The van der Waals surface area contributed by atoms with E-state index in [9.17, 15) is 4.79 Å². The molecule has 1 atom stereocenters. The first-order valence-corrected chi connectivity index (χ1v) is 9.20. The quantitative estimate of drug-likeness (QED) is 0.827. The first-order chi connectivity index (χ1) is 11.6. The van der Waals surface area contributed by atoms with Gasteiger partial charge in [-0.3, -0.25) is 9.13 Å². The Morgan fingerprint density at radius 1 is 1.17 bits per heavy atom. The van der Waals surface area contributed by atoms with Gasteiger partial charge in [-0.15, -0.1) is 0 Å². The van der Waals surface area contributed by atoms with Crippen LogP contribution in [0.4, 0.5) is 0 Å². The molecule has 1 aromatic carbocycles. The van der Waals surface area contributed by atoms with E-state index in [1.165, 1.54) is 12.0 Å². The number of hydrogen-bond acceptors (Lipinski definition) is 3. The van der Waals surface area contributed by atoms with E-state index >= 15 is 0 Å². The molecule has 1 unspecified atom stereocenters. The van der Waals surface area contributed by atoms with Gasteiger partial charge in [0.2, 0.25) is 0 Å². The second-order valence-corrected chi connectivity index (χ2v) is 7.19. The van der Waals surface area contributed by atoms with Gasteiger partial charge in [-0.1, -0.05) is 12.5 Å². The van der Waals surface area contributed by atoms with Crippen molar-refractivity contribution in [3.63, 3.8) is 0 Å². The molecule has 1 aliphatic rings. The van der Waals surface area contributed by atoms with Crippen LogP contribution in [0, 0.1) is 0 Å². The third-order valence-corrected chi connectivity index (χ3v) is 5.29. The van der Waals surface area contributed by atoms with Crippen molar-refractivity contribution in [1.82, 2.24) is 14.0 Å². The van der Waals surface area contributed by atoms with Gasteiger partial charge < -0.3 is 10.6 Å². The summed E-state index contributed by atoms with van der Waals surface area (Å²) in [6.07, 6.45) is 6.72. The summed E-state index contributed by atoms with van der Waals surface area (Å²) in [7, 11) is 4.04. The Hall–Kier alpha value is -1.59. The van der Waals surface area contributed by atoms with Crippen LogP contribution >= 0.6 is 0 Å². The van der Waals surface area contributed by atoms with Crippen molar-refractivity contribution in [1.29, 1.82) is 0 Å². The van der Waals surface area contributed by atoms with Gasteiger partial charge >= 0.3 is 5.69 Å². The van der Waals surface area contributed by atoms with Crippen LogP contribution in [-0.2, 0) is 13.5 Å². The van der Waals surface area contributed by atoms with Crippen molar-refractivity contribution < 1.29 is 0 Å². The predicted octanol–water partition coefficient (Wildman–Crippen LogP) is 2.28. The van der Waals surface area contributed by atoms with Crippen molar-refractivity contribution >= 4 is 11.0 Å². The third-order valence-electron chi connectivity index (χ3n) is 5.29. The van der Waals surface area contributed by atoms with Gasteiger partial charge in [0.15, 0.2) is 0 Å². The van der Waals surface area contributed by atoms with Crippen molar-refractivity contribution in [3.05, 3.63) is 34.2 Å². The van der Waals surface area contributed by atoms with Crippen LogP contribution in [-0.4, -0.2) is 40.7 Å². The molecule has 0 radical (unpaired) electrons. The number of nitrogens with two attached hydrogens (primary N) is 1. The van der Waals surface area contributed by atoms with Gasteiger partial charge in [-0.25, -0.2) is 4.79 Å². The molecule has 132 valence electrons. The summed E-state index contributed by atoms with van der Waals surface area (Å²) in [5.41, 5.74) is 9.12. The Morgan fingerprint density at radius 3 is 2.75 bits per heavy atom. The molecule has 3 rings (SSSR count). The highest BCUT2D eigenvalue weighted by molar-refractivity contribution is 5.77. The number of piperidine rings is 1. The normalized spacial score (nSPS) is 19.2. The molecule has 2 aromatic rings. The molecule has 1 aliphatic heterocycles. The summed E-state index contributed by atoms with van der Waals surface area (Å²) < 4.78 is 3.83. The lowest BCUT2D eigenvalue weighted by Crippen LogP contribution is -2.37. The first-order valence-electron chi connectivity index (χ1n) is 9.20. The Morgan fingerprint density at radius 2 is 2.00 bits per heavy atom. The number of unbranched alkanes of at least 4 members (excludes halogenated alkanes) is 2. The summed E-state index contributed by atoms with van der Waals surface area (Å²) >= 11 is 0. The highest BCUT2D eigenvalue weighted by Crippen LogP contribution is 2.25. The smallest absolute Gasteiger partial charge is 0.329 e. The number of imidazole rings is 1. The minimum Gasteiger partial charge on any atom is -0.330 e. The molecule has 0 aliphatic carbocycles. The number of likely N-dealkylation sites (tertiary alicyclic amines) is 1. The molecule has 1 fully saturated rings. The largest absolute Gasteiger partial charge is 0.330 e. The van der Waals surface area contributed by atoms with Gasteiger partial charge in [0.25, 0.3) is 0 Å². The number of aromatic nitrogens is 2. The average molecular weight is 330 g/mol. The molecule has 0 spiro atoms. The predicted molar refractivity (Wildman–Crippen MR) is 99.6 cm³/mol. The molecule has 5 heteroatoms. The molecular weight excluding hydrogens is 300 g/mol. The van der Waals surface area contributed by atoms with E-state index in [1.54, 1.807) is 0 Å². The van der Waals surface area contributed by atoms with E-state index < -0.39 is 0 Å². The van der Waals surface area contributed by atoms with E-state index in [2.05, 4.69) is 30.1 Å². The number of nitrogens with zero attached hydrogens (tertiary/aromatic N) is 3. The lowest BCUT2D eigenvalue weighted by Gasteiger charge is -2.30. The number of benzene rings is 1. The van der Waals surface area contributed by atoms with Crippen LogP contribution in [0.25, 0.3) is 11.0 Å². The maximum absolute atomic E-state index is 12.8. The molecular formula is C19H30N4O. The highest BCUT2D eigenvalue weighted by atomic mass is 16.1. The van der Waals surface area contributed by atoms with E-state index in [0.29, 0.717) is 0 Å². The highest BCUT2D eigenvalue weighted by Gasteiger charge is 2.23. The Kier molecular flexibility index (Phi) is 5.41. The van der Waals surface area contributed by atoms with Gasteiger partial charge in [-0.2, -0.15) is 0 Å². The molecule has 1 aromatic heterocycles. The maximum atomic E-state index is 12.8. The zero-order chi connectivity index (χ0) is 17.1. The fourth-order valence-electron chi connectivity index (χ4n) is 3.92. The van der Waals surface area contributed by atoms with Gasteiger partial charge in [0.05, 0.1) is 17.1 Å². The van der Waals surface area contributed by atoms with Crippen molar-refractivity contribution in [3.8, 4) is 0 Å². The molecule has 1 saturated heterocycles. The molecule has 2 heterocycles. The maximum Gasteiger partial charge on any atom is 0.329 e. The fraction of sp³-hybridized carbons (Fsp3) is 0.632. The van der Waals surface area contributed by atoms with Crippen LogP contribution in [0.2, 0.25) is 0 Å². The van der Waals surface area contributed by atoms with Crippen molar-refractivity contribution in [2.45, 2.75) is 44.6 Å². The minimum atomic E-state index is 0.116. The second kappa shape index (κ2) is 7.53. The van der Waals surface area contributed by atoms with Gasteiger partial charge in [0, 0.05) is 13.6 Å². The van der Waals surface area contributed by atoms with E-state index in [4.69, 9.17) is 5.73 Å². The third kappa shape index (κ3) is 3.42. The summed E-state index contributed by atoms with van der Waals surface area (Å²) in [5, 5.41) is 0. The summed E-state index contributed by atoms with van der Waals surface area (Å²) in [4.78, 5) is 15.1. The van der Waals surface area contributed by atoms with Gasteiger partial charge in [-0.05, 0) is 69.9 Å². The van der Waals surface area contributed by atoms with E-state index in [1.807, 2.05) is 16.2 Å². The fourth-order valence-corrected chi connectivity index (χ4v) is 3.92. The standard InChI is InChI=1S/C19H30N4O/c1-21-12-6-8-16(14-21)23-17-10-9-15(7-4-3-5-11-20)13-18(17)22(2)19(23)24/h9-10,13,16H,3-8,11-12,14,20H2,1-2H3. The number of fused-ring (bicyclic) bond motifs is 1. The van der Waals surface area contributed by atoms with Crippen molar-refractivity contribution in [2.24, 2.45) is 12.8 Å². The second-order valence-electron chi connectivity index (χ2n) is 7.19. The average Bonchev–Trinajstić information content (AvgIpc) is 2.83. The van der Waals surface area contributed by atoms with Crippen LogP contribution < -0.4 is 11.4 Å². The number of likely N-dealkylation sites (N-methyl/N-ethyl adjacent to an activating group) is 1. The molecule has 5 nitrogen and oxygen atoms in total. The first kappa shape index (κ1) is 17.2. The van der Waals surface area contributed by atoms with Crippen LogP contribution in [0.1, 0.15) is 43.7 Å². The topological polar surface area (TPSA) is 56.2 Å².